The van der Waals surface area contributed by atoms with Crippen molar-refractivity contribution in [2.45, 2.75) is 13.0 Å². The van der Waals surface area contributed by atoms with E-state index in [1.54, 1.807) is 6.20 Å². The van der Waals surface area contributed by atoms with E-state index in [1.807, 2.05) is 24.3 Å². The summed E-state index contributed by atoms with van der Waals surface area (Å²) >= 11 is 0. The minimum Gasteiger partial charge on any atom is -0.370 e. The number of nitrogens with zero attached hydrogens (tertiary/aromatic N) is 3. The first-order valence-corrected chi connectivity index (χ1v) is 7.23. The van der Waals surface area contributed by atoms with Crippen LogP contribution < -0.4 is 10.6 Å². The standard InChI is InChI=1S/C16H23N5/c1-21(2)12-6-10-17-15-9-11-18-16(20-15)19-13-14-7-4-3-5-8-14/h3-5,7-9,11H,6,10,12-13H2,1-2H3,(H2,17,18,19,20). The lowest BCUT2D eigenvalue weighted by atomic mass is 10.2. The molecule has 2 aromatic rings. The molecule has 0 aliphatic heterocycles. The number of aromatic nitrogens is 2. The van der Waals surface area contributed by atoms with Crippen molar-refractivity contribution in [3.05, 3.63) is 48.2 Å². The maximum atomic E-state index is 4.46. The van der Waals surface area contributed by atoms with Crippen LogP contribution in [0.2, 0.25) is 0 Å². The molecule has 0 spiro atoms. The maximum absolute atomic E-state index is 4.46. The van der Waals surface area contributed by atoms with Crippen LogP contribution in [0.5, 0.6) is 0 Å². The maximum Gasteiger partial charge on any atom is 0.224 e. The Bertz CT molecular complexity index is 527. The van der Waals surface area contributed by atoms with Gasteiger partial charge >= 0.3 is 0 Å². The van der Waals surface area contributed by atoms with Gasteiger partial charge in [0.1, 0.15) is 5.82 Å². The van der Waals surface area contributed by atoms with E-state index in [0.717, 1.165) is 31.9 Å². The summed E-state index contributed by atoms with van der Waals surface area (Å²) in [5.74, 6) is 1.51. The molecule has 0 saturated carbocycles. The van der Waals surface area contributed by atoms with Gasteiger partial charge in [-0.15, -0.1) is 0 Å². The lowest BCUT2D eigenvalue weighted by Crippen LogP contribution is -2.16. The van der Waals surface area contributed by atoms with Gasteiger partial charge < -0.3 is 15.5 Å². The predicted octanol–water partition coefficient (Wildman–Crippen LogP) is 2.45. The van der Waals surface area contributed by atoms with Crippen LogP contribution in [-0.2, 0) is 6.54 Å². The third-order valence-corrected chi connectivity index (χ3v) is 3.04. The molecule has 0 amide bonds. The molecular weight excluding hydrogens is 262 g/mol. The summed E-state index contributed by atoms with van der Waals surface area (Å²) in [6, 6.07) is 12.1. The van der Waals surface area contributed by atoms with Gasteiger partial charge in [0.2, 0.25) is 5.95 Å². The van der Waals surface area contributed by atoms with Crippen molar-refractivity contribution >= 4 is 11.8 Å². The van der Waals surface area contributed by atoms with Crippen LogP contribution in [0, 0.1) is 0 Å². The molecule has 112 valence electrons. The van der Waals surface area contributed by atoms with Crippen LogP contribution in [-0.4, -0.2) is 42.1 Å². The van der Waals surface area contributed by atoms with Gasteiger partial charge in [-0.2, -0.15) is 4.98 Å². The highest BCUT2D eigenvalue weighted by Gasteiger charge is 1.99. The second-order valence-corrected chi connectivity index (χ2v) is 5.19. The van der Waals surface area contributed by atoms with Gasteiger partial charge in [-0.3, -0.25) is 0 Å². The molecule has 1 aromatic carbocycles. The van der Waals surface area contributed by atoms with Crippen LogP contribution >= 0.6 is 0 Å². The van der Waals surface area contributed by atoms with Crippen LogP contribution in [0.25, 0.3) is 0 Å². The summed E-state index contributed by atoms with van der Waals surface area (Å²) < 4.78 is 0. The van der Waals surface area contributed by atoms with Crippen molar-refractivity contribution in [3.8, 4) is 0 Å². The van der Waals surface area contributed by atoms with E-state index in [1.165, 1.54) is 5.56 Å². The summed E-state index contributed by atoms with van der Waals surface area (Å²) in [7, 11) is 4.16. The highest BCUT2D eigenvalue weighted by atomic mass is 15.1. The first-order chi connectivity index (χ1) is 10.2. The summed E-state index contributed by atoms with van der Waals surface area (Å²) in [6.07, 6.45) is 2.86. The molecule has 2 rings (SSSR count). The third kappa shape index (κ3) is 5.79. The molecule has 0 aliphatic carbocycles. The topological polar surface area (TPSA) is 53.1 Å². The highest BCUT2D eigenvalue weighted by molar-refractivity contribution is 5.39. The molecule has 21 heavy (non-hydrogen) atoms. The summed E-state index contributed by atoms with van der Waals surface area (Å²) in [5.41, 5.74) is 1.21. The monoisotopic (exact) mass is 285 g/mol. The van der Waals surface area contributed by atoms with Crippen LogP contribution in [0.1, 0.15) is 12.0 Å². The summed E-state index contributed by atoms with van der Waals surface area (Å²) in [5, 5.41) is 6.56. The molecule has 2 N–H and O–H groups in total. The lowest BCUT2D eigenvalue weighted by molar-refractivity contribution is 0.405. The van der Waals surface area contributed by atoms with Crippen molar-refractivity contribution in [2.75, 3.05) is 37.8 Å². The van der Waals surface area contributed by atoms with Crippen LogP contribution in [0.3, 0.4) is 0 Å². The van der Waals surface area contributed by atoms with Gasteiger partial charge in [0.25, 0.3) is 0 Å². The van der Waals surface area contributed by atoms with E-state index in [2.05, 4.69) is 51.7 Å². The zero-order valence-electron chi connectivity index (χ0n) is 12.7. The molecule has 1 heterocycles. The summed E-state index contributed by atoms with van der Waals surface area (Å²) in [4.78, 5) is 10.9. The molecule has 0 radical (unpaired) electrons. The van der Waals surface area contributed by atoms with Crippen molar-refractivity contribution in [3.63, 3.8) is 0 Å². The number of hydrogen-bond acceptors (Lipinski definition) is 5. The van der Waals surface area contributed by atoms with Gasteiger partial charge in [0.05, 0.1) is 0 Å². The number of rotatable bonds is 8. The third-order valence-electron chi connectivity index (χ3n) is 3.04. The van der Waals surface area contributed by atoms with Crippen molar-refractivity contribution < 1.29 is 0 Å². The van der Waals surface area contributed by atoms with Crippen molar-refractivity contribution in [1.29, 1.82) is 0 Å². The second-order valence-electron chi connectivity index (χ2n) is 5.19. The molecule has 5 nitrogen and oxygen atoms in total. The Hall–Kier alpha value is -2.14. The Morgan fingerprint density at radius 3 is 2.62 bits per heavy atom. The zero-order chi connectivity index (χ0) is 14.9. The quantitative estimate of drug-likeness (QED) is 0.730. The average molecular weight is 285 g/mol. The van der Waals surface area contributed by atoms with E-state index in [9.17, 15) is 0 Å². The molecule has 5 heteroatoms. The molecule has 0 bridgehead atoms. The number of nitrogens with one attached hydrogen (secondary N) is 2. The lowest BCUT2D eigenvalue weighted by Gasteiger charge is -2.11. The molecule has 0 atom stereocenters. The zero-order valence-corrected chi connectivity index (χ0v) is 12.7. The van der Waals surface area contributed by atoms with E-state index in [-0.39, 0.29) is 0 Å². The first kappa shape index (κ1) is 15.3. The minimum absolute atomic E-state index is 0.650. The molecule has 0 saturated heterocycles. The van der Waals surface area contributed by atoms with Crippen LogP contribution in [0.15, 0.2) is 42.6 Å². The Morgan fingerprint density at radius 1 is 1.05 bits per heavy atom. The Balaban J connectivity index is 1.80. The molecular formula is C16H23N5. The van der Waals surface area contributed by atoms with Crippen molar-refractivity contribution in [2.24, 2.45) is 0 Å². The van der Waals surface area contributed by atoms with E-state index < -0.39 is 0 Å². The van der Waals surface area contributed by atoms with Gasteiger partial charge in [0.15, 0.2) is 0 Å². The van der Waals surface area contributed by atoms with Gasteiger partial charge in [0, 0.05) is 19.3 Å². The fourth-order valence-electron chi connectivity index (χ4n) is 1.93. The van der Waals surface area contributed by atoms with E-state index in [0.29, 0.717) is 5.95 Å². The number of benzene rings is 1. The van der Waals surface area contributed by atoms with Crippen molar-refractivity contribution in [1.82, 2.24) is 14.9 Å². The van der Waals surface area contributed by atoms with Gasteiger partial charge in [-0.1, -0.05) is 30.3 Å². The van der Waals surface area contributed by atoms with Gasteiger partial charge in [-0.05, 0) is 38.7 Å². The van der Waals surface area contributed by atoms with Crippen LogP contribution in [0.4, 0.5) is 11.8 Å². The molecule has 1 aromatic heterocycles. The highest BCUT2D eigenvalue weighted by Crippen LogP contribution is 2.07. The first-order valence-electron chi connectivity index (χ1n) is 7.23. The average Bonchev–Trinajstić information content (AvgIpc) is 2.51. The minimum atomic E-state index is 0.650. The molecule has 0 unspecified atom stereocenters. The molecule has 0 fully saturated rings. The number of hydrogen-bond donors (Lipinski definition) is 2. The second kappa shape index (κ2) is 8.21. The van der Waals surface area contributed by atoms with E-state index >= 15 is 0 Å². The Morgan fingerprint density at radius 2 is 1.86 bits per heavy atom. The molecule has 0 aliphatic rings. The SMILES string of the molecule is CN(C)CCCNc1ccnc(NCc2ccccc2)n1. The largest absolute Gasteiger partial charge is 0.370 e. The fourth-order valence-corrected chi connectivity index (χ4v) is 1.93. The Labute approximate surface area is 126 Å². The number of anilines is 2. The normalized spacial score (nSPS) is 10.6. The van der Waals surface area contributed by atoms with E-state index in [4.69, 9.17) is 0 Å². The predicted molar refractivity (Wildman–Crippen MR) is 87.5 cm³/mol. The smallest absolute Gasteiger partial charge is 0.224 e. The Kier molecular flexibility index (Phi) is 5.97. The summed E-state index contributed by atoms with van der Waals surface area (Å²) in [6.45, 7) is 2.70. The fraction of sp³-hybridized carbons (Fsp3) is 0.375. The van der Waals surface area contributed by atoms with Gasteiger partial charge in [-0.25, -0.2) is 4.98 Å².